The second-order valence-electron chi connectivity index (χ2n) is 2.51. The zero-order valence-electron chi connectivity index (χ0n) is 8.48. The largest absolute Gasteiger partial charge is 0.468 e. The standard InChI is InChI=1S/C10H10N2O3/c1-14-9(13)5-3-4-8-6-11-10(15-2)12-7-8/h6-7H,5H2,1-2H3. The Hall–Kier alpha value is -2.09. The van der Waals surface area contributed by atoms with Gasteiger partial charge in [-0.3, -0.25) is 4.79 Å². The molecular weight excluding hydrogens is 196 g/mol. The molecule has 5 heteroatoms. The van der Waals surface area contributed by atoms with Crippen molar-refractivity contribution in [3.8, 4) is 17.9 Å². The number of hydrogen-bond donors (Lipinski definition) is 0. The molecule has 0 spiro atoms. The van der Waals surface area contributed by atoms with Gasteiger partial charge in [0.1, 0.15) is 6.42 Å². The number of rotatable bonds is 2. The van der Waals surface area contributed by atoms with Crippen LogP contribution in [0.4, 0.5) is 0 Å². The summed E-state index contributed by atoms with van der Waals surface area (Å²) < 4.78 is 9.22. The van der Waals surface area contributed by atoms with E-state index in [9.17, 15) is 4.79 Å². The van der Waals surface area contributed by atoms with Crippen LogP contribution in [-0.2, 0) is 9.53 Å². The second kappa shape index (κ2) is 5.60. The van der Waals surface area contributed by atoms with Gasteiger partial charge in [-0.05, 0) is 0 Å². The monoisotopic (exact) mass is 206 g/mol. The molecule has 1 heterocycles. The van der Waals surface area contributed by atoms with Crippen molar-refractivity contribution >= 4 is 5.97 Å². The topological polar surface area (TPSA) is 61.3 Å². The van der Waals surface area contributed by atoms with Crippen LogP contribution in [0.5, 0.6) is 6.01 Å². The molecule has 0 aliphatic heterocycles. The Morgan fingerprint density at radius 2 is 2.07 bits per heavy atom. The molecule has 0 saturated heterocycles. The number of methoxy groups -OCH3 is 2. The molecule has 0 aliphatic rings. The van der Waals surface area contributed by atoms with Gasteiger partial charge in [-0.2, -0.15) is 0 Å². The summed E-state index contributed by atoms with van der Waals surface area (Å²) in [7, 11) is 2.80. The van der Waals surface area contributed by atoms with Crippen molar-refractivity contribution in [3.63, 3.8) is 0 Å². The average Bonchev–Trinajstić information content (AvgIpc) is 2.29. The highest BCUT2D eigenvalue weighted by Gasteiger charge is 1.95. The summed E-state index contributed by atoms with van der Waals surface area (Å²) >= 11 is 0. The maximum atomic E-state index is 10.7. The Kier molecular flexibility index (Phi) is 4.10. The Bertz CT molecular complexity index is 389. The molecule has 0 aromatic carbocycles. The minimum atomic E-state index is -0.364. The summed E-state index contributed by atoms with van der Waals surface area (Å²) in [6.45, 7) is 0. The fourth-order valence-corrected chi connectivity index (χ4v) is 0.777. The first-order chi connectivity index (χ1) is 7.26. The van der Waals surface area contributed by atoms with Crippen LogP contribution in [0.1, 0.15) is 12.0 Å². The quantitative estimate of drug-likeness (QED) is 0.517. The highest BCUT2D eigenvalue weighted by Crippen LogP contribution is 1.99. The fourth-order valence-electron chi connectivity index (χ4n) is 0.777. The lowest BCUT2D eigenvalue weighted by Gasteiger charge is -1.94. The molecule has 0 N–H and O–H groups in total. The van der Waals surface area contributed by atoms with Crippen molar-refractivity contribution in [2.75, 3.05) is 14.2 Å². The summed E-state index contributed by atoms with van der Waals surface area (Å²) in [5.74, 6) is 5.01. The number of esters is 1. The molecule has 0 aliphatic carbocycles. The van der Waals surface area contributed by atoms with Gasteiger partial charge in [0, 0.05) is 12.4 Å². The zero-order valence-corrected chi connectivity index (χ0v) is 8.48. The first kappa shape index (κ1) is 11.0. The molecule has 0 atom stereocenters. The smallest absolute Gasteiger partial charge is 0.317 e. The maximum Gasteiger partial charge on any atom is 0.317 e. The molecule has 0 bridgehead atoms. The molecule has 0 unspecified atom stereocenters. The van der Waals surface area contributed by atoms with Crippen molar-refractivity contribution in [3.05, 3.63) is 18.0 Å². The van der Waals surface area contributed by atoms with E-state index in [0.29, 0.717) is 5.56 Å². The van der Waals surface area contributed by atoms with Gasteiger partial charge in [0.15, 0.2) is 0 Å². The highest BCUT2D eigenvalue weighted by atomic mass is 16.5. The fraction of sp³-hybridized carbons (Fsp3) is 0.300. The number of aromatic nitrogens is 2. The minimum absolute atomic E-state index is 0.0581. The molecule has 1 rings (SSSR count). The second-order valence-corrected chi connectivity index (χ2v) is 2.51. The molecule has 1 aromatic heterocycles. The van der Waals surface area contributed by atoms with Crippen molar-refractivity contribution in [1.29, 1.82) is 0 Å². The van der Waals surface area contributed by atoms with E-state index in [2.05, 4.69) is 26.5 Å². The SMILES string of the molecule is COC(=O)CC#Cc1cnc(OC)nc1. The first-order valence-corrected chi connectivity index (χ1v) is 4.18. The predicted molar refractivity (Wildman–Crippen MR) is 52.1 cm³/mol. The van der Waals surface area contributed by atoms with E-state index in [1.165, 1.54) is 26.6 Å². The number of nitrogens with zero attached hydrogens (tertiary/aromatic N) is 2. The average molecular weight is 206 g/mol. The normalized spacial score (nSPS) is 8.67. The van der Waals surface area contributed by atoms with E-state index in [-0.39, 0.29) is 18.4 Å². The molecule has 15 heavy (non-hydrogen) atoms. The van der Waals surface area contributed by atoms with Crippen LogP contribution < -0.4 is 4.74 Å². The van der Waals surface area contributed by atoms with E-state index in [1.807, 2.05) is 0 Å². The summed E-state index contributed by atoms with van der Waals surface area (Å²) in [4.78, 5) is 18.5. The minimum Gasteiger partial charge on any atom is -0.468 e. The molecule has 0 radical (unpaired) electrons. The Morgan fingerprint density at radius 1 is 1.40 bits per heavy atom. The lowest BCUT2D eigenvalue weighted by atomic mass is 10.3. The lowest BCUT2D eigenvalue weighted by Crippen LogP contribution is -1.97. The summed E-state index contributed by atoms with van der Waals surface area (Å²) in [6, 6.07) is 0.286. The summed E-state index contributed by atoms with van der Waals surface area (Å²) in [5.41, 5.74) is 0.625. The van der Waals surface area contributed by atoms with Crippen LogP contribution in [0.3, 0.4) is 0 Å². The molecular formula is C10H10N2O3. The van der Waals surface area contributed by atoms with Crippen molar-refractivity contribution in [2.45, 2.75) is 6.42 Å². The highest BCUT2D eigenvalue weighted by molar-refractivity contribution is 5.72. The van der Waals surface area contributed by atoms with Crippen LogP contribution in [0.25, 0.3) is 0 Å². The zero-order chi connectivity index (χ0) is 11.1. The van der Waals surface area contributed by atoms with Crippen molar-refractivity contribution in [2.24, 2.45) is 0 Å². The third kappa shape index (κ3) is 3.65. The molecule has 5 nitrogen and oxygen atoms in total. The van der Waals surface area contributed by atoms with Crippen LogP contribution in [-0.4, -0.2) is 30.2 Å². The van der Waals surface area contributed by atoms with Gasteiger partial charge < -0.3 is 9.47 Å². The number of hydrogen-bond acceptors (Lipinski definition) is 5. The Labute approximate surface area is 87.4 Å². The van der Waals surface area contributed by atoms with E-state index in [4.69, 9.17) is 4.74 Å². The van der Waals surface area contributed by atoms with Crippen LogP contribution in [0.15, 0.2) is 12.4 Å². The van der Waals surface area contributed by atoms with E-state index < -0.39 is 0 Å². The molecule has 0 saturated carbocycles. The maximum absolute atomic E-state index is 10.7. The van der Waals surface area contributed by atoms with Crippen molar-refractivity contribution in [1.82, 2.24) is 9.97 Å². The third-order valence-electron chi connectivity index (χ3n) is 1.50. The van der Waals surface area contributed by atoms with E-state index in [1.54, 1.807) is 0 Å². The van der Waals surface area contributed by atoms with E-state index in [0.717, 1.165) is 0 Å². The number of carbonyl (C=O) groups excluding carboxylic acids is 1. The van der Waals surface area contributed by atoms with Gasteiger partial charge in [0.2, 0.25) is 0 Å². The molecule has 1 aromatic rings. The van der Waals surface area contributed by atoms with Crippen LogP contribution in [0, 0.1) is 11.8 Å². The molecule has 0 fully saturated rings. The lowest BCUT2D eigenvalue weighted by molar-refractivity contribution is -0.139. The predicted octanol–water partition coefficient (Wildman–Crippen LogP) is 0.400. The first-order valence-electron chi connectivity index (χ1n) is 4.18. The Balaban J connectivity index is 2.60. The number of carbonyl (C=O) groups is 1. The molecule has 0 amide bonds. The van der Waals surface area contributed by atoms with Gasteiger partial charge in [-0.1, -0.05) is 11.8 Å². The third-order valence-corrected chi connectivity index (χ3v) is 1.50. The van der Waals surface area contributed by atoms with Gasteiger partial charge in [-0.25, -0.2) is 9.97 Å². The summed E-state index contributed by atoms with van der Waals surface area (Å²) in [6.07, 6.45) is 3.11. The number of ether oxygens (including phenoxy) is 2. The van der Waals surface area contributed by atoms with Gasteiger partial charge in [0.25, 0.3) is 0 Å². The summed E-state index contributed by atoms with van der Waals surface area (Å²) in [5, 5.41) is 0. The van der Waals surface area contributed by atoms with Gasteiger partial charge in [0.05, 0.1) is 19.8 Å². The Morgan fingerprint density at radius 3 is 2.60 bits per heavy atom. The van der Waals surface area contributed by atoms with Crippen LogP contribution >= 0.6 is 0 Å². The van der Waals surface area contributed by atoms with Gasteiger partial charge in [-0.15, -0.1) is 0 Å². The van der Waals surface area contributed by atoms with Crippen LogP contribution in [0.2, 0.25) is 0 Å². The van der Waals surface area contributed by atoms with Crippen molar-refractivity contribution < 1.29 is 14.3 Å². The molecule has 78 valence electrons. The van der Waals surface area contributed by atoms with Gasteiger partial charge >= 0.3 is 12.0 Å². The van der Waals surface area contributed by atoms with E-state index >= 15 is 0 Å².